The Labute approximate surface area is 93.8 Å². The van der Waals surface area contributed by atoms with E-state index >= 15 is 0 Å². The second-order valence-electron chi connectivity index (χ2n) is 4.50. The van der Waals surface area contributed by atoms with Crippen molar-refractivity contribution in [1.82, 2.24) is 0 Å². The summed E-state index contributed by atoms with van der Waals surface area (Å²) < 4.78 is 11.5. The molecule has 84 valence electrons. The van der Waals surface area contributed by atoms with Crippen LogP contribution in [-0.4, -0.2) is 41.7 Å². The molecule has 1 spiro atoms. The van der Waals surface area contributed by atoms with Crippen molar-refractivity contribution in [2.75, 3.05) is 26.1 Å². The predicted molar refractivity (Wildman–Crippen MR) is 58.7 cm³/mol. The van der Waals surface area contributed by atoms with E-state index in [1.54, 1.807) is 11.8 Å². The summed E-state index contributed by atoms with van der Waals surface area (Å²) in [7, 11) is 0. The Hall–Kier alpha value is -0.0300. The lowest BCUT2D eigenvalue weighted by Gasteiger charge is -2.34. The molecule has 2 fully saturated rings. The molecule has 4 heteroatoms. The van der Waals surface area contributed by atoms with Gasteiger partial charge < -0.3 is 14.6 Å². The van der Waals surface area contributed by atoms with E-state index in [1.165, 1.54) is 0 Å². The van der Waals surface area contributed by atoms with Gasteiger partial charge in [-0.15, -0.1) is 0 Å². The normalized spacial score (nSPS) is 45.7. The van der Waals surface area contributed by atoms with E-state index < -0.39 is 5.79 Å². The molecule has 1 aliphatic heterocycles. The molecule has 1 heterocycles. The van der Waals surface area contributed by atoms with E-state index in [4.69, 9.17) is 9.47 Å². The van der Waals surface area contributed by atoms with Gasteiger partial charge in [-0.2, -0.15) is 11.8 Å². The van der Waals surface area contributed by atoms with Crippen LogP contribution in [0.5, 0.6) is 0 Å². The molecule has 15 heavy (non-hydrogen) atoms. The van der Waals surface area contributed by atoms with Crippen LogP contribution in [0, 0.1) is 11.8 Å². The first-order valence-electron chi connectivity index (χ1n) is 5.40. The average molecular weight is 228 g/mol. The van der Waals surface area contributed by atoms with Crippen LogP contribution in [0.15, 0.2) is 12.2 Å². The molecular formula is C11H16O3S. The van der Waals surface area contributed by atoms with Gasteiger partial charge in [-0.1, -0.05) is 12.2 Å². The number of hydrogen-bond acceptors (Lipinski definition) is 4. The fourth-order valence-corrected chi connectivity index (χ4v) is 4.43. The van der Waals surface area contributed by atoms with Crippen LogP contribution in [-0.2, 0) is 9.47 Å². The predicted octanol–water partition coefficient (Wildman–Crippen LogP) is 1.03. The maximum Gasteiger partial charge on any atom is 0.176 e. The Balaban J connectivity index is 1.98. The molecule has 3 rings (SSSR count). The first kappa shape index (κ1) is 10.1. The molecule has 1 saturated heterocycles. The monoisotopic (exact) mass is 228 g/mol. The summed E-state index contributed by atoms with van der Waals surface area (Å²) in [5.41, 5.74) is 0. The van der Waals surface area contributed by atoms with Crippen LogP contribution in [0.1, 0.15) is 6.42 Å². The standard InChI is InChI=1S/C11H16O3S/c1-15-10(7-12)8-2-3-9(10)11(6-8)13-4-5-14-11/h2-3,8-9,12H,4-7H2,1H3. The molecule has 0 aromatic carbocycles. The number of aliphatic hydroxyl groups excluding tert-OH is 1. The van der Waals surface area contributed by atoms with E-state index in [2.05, 4.69) is 18.4 Å². The fourth-order valence-electron chi connectivity index (χ4n) is 3.32. The van der Waals surface area contributed by atoms with E-state index in [-0.39, 0.29) is 17.3 Å². The van der Waals surface area contributed by atoms with Gasteiger partial charge in [0, 0.05) is 12.3 Å². The van der Waals surface area contributed by atoms with Gasteiger partial charge in [-0.05, 0) is 12.2 Å². The topological polar surface area (TPSA) is 38.7 Å². The number of aliphatic hydroxyl groups is 1. The van der Waals surface area contributed by atoms with Crippen LogP contribution in [0.25, 0.3) is 0 Å². The number of fused-ring (bicyclic) bond motifs is 3. The highest BCUT2D eigenvalue weighted by Crippen LogP contribution is 2.61. The van der Waals surface area contributed by atoms with Crippen molar-refractivity contribution in [3.8, 4) is 0 Å². The summed E-state index contributed by atoms with van der Waals surface area (Å²) in [6, 6.07) is 0. The Morgan fingerprint density at radius 2 is 2.13 bits per heavy atom. The number of ether oxygens (including phenoxy) is 2. The molecule has 3 atom stereocenters. The number of rotatable bonds is 2. The van der Waals surface area contributed by atoms with Crippen LogP contribution < -0.4 is 0 Å². The largest absolute Gasteiger partial charge is 0.395 e. The number of thioether (sulfide) groups is 1. The Bertz CT molecular complexity index is 292. The van der Waals surface area contributed by atoms with Gasteiger partial charge in [0.1, 0.15) is 0 Å². The SMILES string of the molecule is CSC1(CO)C2C=CC1C1(C2)OCCO1. The third-order valence-corrected chi connectivity index (χ3v) is 5.52. The molecule has 0 amide bonds. The molecule has 2 aliphatic carbocycles. The van der Waals surface area contributed by atoms with Crippen LogP contribution >= 0.6 is 11.8 Å². The lowest BCUT2D eigenvalue weighted by molar-refractivity contribution is -0.176. The van der Waals surface area contributed by atoms with Gasteiger partial charge in [0.15, 0.2) is 5.79 Å². The summed E-state index contributed by atoms with van der Waals surface area (Å²) >= 11 is 1.75. The van der Waals surface area contributed by atoms with E-state index in [1.807, 2.05) is 0 Å². The molecule has 3 nitrogen and oxygen atoms in total. The maximum atomic E-state index is 9.67. The highest BCUT2D eigenvalue weighted by Gasteiger charge is 2.65. The second kappa shape index (κ2) is 3.23. The van der Waals surface area contributed by atoms with Gasteiger partial charge in [0.2, 0.25) is 0 Å². The minimum atomic E-state index is -0.425. The highest BCUT2D eigenvalue weighted by molar-refractivity contribution is 8.00. The summed E-state index contributed by atoms with van der Waals surface area (Å²) in [6.07, 6.45) is 7.35. The van der Waals surface area contributed by atoms with Crippen LogP contribution in [0.3, 0.4) is 0 Å². The summed E-state index contributed by atoms with van der Waals surface area (Å²) in [5, 5.41) is 9.67. The van der Waals surface area contributed by atoms with Crippen molar-refractivity contribution < 1.29 is 14.6 Å². The molecule has 0 aromatic rings. The first-order chi connectivity index (χ1) is 7.27. The third-order valence-electron chi connectivity index (χ3n) is 4.07. The second-order valence-corrected chi connectivity index (χ2v) is 5.67. The van der Waals surface area contributed by atoms with Crippen molar-refractivity contribution in [2.45, 2.75) is 17.0 Å². The van der Waals surface area contributed by atoms with E-state index in [9.17, 15) is 5.11 Å². The average Bonchev–Trinajstić information content (AvgIpc) is 2.91. The van der Waals surface area contributed by atoms with Crippen molar-refractivity contribution in [2.24, 2.45) is 11.8 Å². The molecular weight excluding hydrogens is 212 g/mol. The molecule has 3 aliphatic rings. The molecule has 3 unspecified atom stereocenters. The Morgan fingerprint density at radius 1 is 1.40 bits per heavy atom. The zero-order valence-corrected chi connectivity index (χ0v) is 9.63. The quantitative estimate of drug-likeness (QED) is 0.716. The summed E-state index contributed by atoms with van der Waals surface area (Å²) in [5.74, 6) is 0.170. The fraction of sp³-hybridized carbons (Fsp3) is 0.818. The van der Waals surface area contributed by atoms with Crippen LogP contribution in [0.2, 0.25) is 0 Å². The Morgan fingerprint density at radius 3 is 2.67 bits per heavy atom. The summed E-state index contributed by atoms with van der Waals surface area (Å²) in [6.45, 7) is 1.57. The van der Waals surface area contributed by atoms with E-state index in [0.29, 0.717) is 19.1 Å². The maximum absolute atomic E-state index is 9.67. The van der Waals surface area contributed by atoms with E-state index in [0.717, 1.165) is 6.42 Å². The zero-order valence-electron chi connectivity index (χ0n) is 8.81. The summed E-state index contributed by atoms with van der Waals surface area (Å²) in [4.78, 5) is 0. The molecule has 2 bridgehead atoms. The first-order valence-corrected chi connectivity index (χ1v) is 6.62. The van der Waals surface area contributed by atoms with Crippen LogP contribution in [0.4, 0.5) is 0 Å². The van der Waals surface area contributed by atoms with Gasteiger partial charge in [-0.3, -0.25) is 0 Å². The van der Waals surface area contributed by atoms with Crippen molar-refractivity contribution in [3.63, 3.8) is 0 Å². The minimum absolute atomic E-state index is 0.107. The zero-order chi connectivity index (χ0) is 10.5. The lowest BCUT2D eigenvalue weighted by Crippen LogP contribution is -2.43. The molecule has 1 N–H and O–H groups in total. The highest BCUT2D eigenvalue weighted by atomic mass is 32.2. The van der Waals surface area contributed by atoms with Gasteiger partial charge in [0.05, 0.1) is 24.6 Å². The van der Waals surface area contributed by atoms with Crippen molar-refractivity contribution in [1.29, 1.82) is 0 Å². The third kappa shape index (κ3) is 1.08. The van der Waals surface area contributed by atoms with Gasteiger partial charge >= 0.3 is 0 Å². The lowest BCUT2D eigenvalue weighted by atomic mass is 9.94. The number of allylic oxidation sites excluding steroid dienone is 1. The molecule has 0 radical (unpaired) electrons. The number of hydrogen-bond donors (Lipinski definition) is 1. The Kier molecular flexibility index (Phi) is 2.19. The minimum Gasteiger partial charge on any atom is -0.395 e. The van der Waals surface area contributed by atoms with Crippen molar-refractivity contribution in [3.05, 3.63) is 12.2 Å². The van der Waals surface area contributed by atoms with Crippen molar-refractivity contribution >= 4 is 11.8 Å². The molecule has 0 aromatic heterocycles. The smallest absolute Gasteiger partial charge is 0.176 e. The molecule has 1 saturated carbocycles. The van der Waals surface area contributed by atoms with Gasteiger partial charge in [-0.25, -0.2) is 0 Å². The van der Waals surface area contributed by atoms with Gasteiger partial charge in [0.25, 0.3) is 0 Å².